The van der Waals surface area contributed by atoms with Gasteiger partial charge in [0.05, 0.1) is 12.1 Å². The van der Waals surface area contributed by atoms with Crippen LogP contribution in [0.3, 0.4) is 0 Å². The Morgan fingerprint density at radius 1 is 1.41 bits per heavy atom. The van der Waals surface area contributed by atoms with Crippen LogP contribution >= 0.6 is 0 Å². The molecule has 2 rings (SSSR count). The van der Waals surface area contributed by atoms with Crippen molar-refractivity contribution in [3.8, 4) is 0 Å². The van der Waals surface area contributed by atoms with E-state index in [1.54, 1.807) is 0 Å². The predicted octanol–water partition coefficient (Wildman–Crippen LogP) is 0.746. The molecule has 4 heteroatoms. The monoisotopic (exact) mass is 240 g/mol. The van der Waals surface area contributed by atoms with E-state index < -0.39 is 0 Å². The summed E-state index contributed by atoms with van der Waals surface area (Å²) >= 11 is 0. The smallest absolute Gasteiger partial charge is 0.239 e. The van der Waals surface area contributed by atoms with E-state index >= 15 is 0 Å². The molecule has 0 bridgehead atoms. The Balaban J connectivity index is 1.77. The number of amides is 1. The third kappa shape index (κ3) is 3.19. The largest absolute Gasteiger partial charge is 0.393 e. The number of carbonyl (C=O) groups excluding carboxylic acids is 1. The first kappa shape index (κ1) is 12.8. The SMILES string of the molecule is CC1CCCC(C(=O)N(C)CC2CC(O)C2)N1. The topological polar surface area (TPSA) is 52.6 Å². The van der Waals surface area contributed by atoms with Gasteiger partial charge in [-0.25, -0.2) is 0 Å². The third-order valence-corrected chi connectivity index (χ3v) is 4.03. The van der Waals surface area contributed by atoms with E-state index in [2.05, 4.69) is 12.2 Å². The van der Waals surface area contributed by atoms with Crippen LogP contribution in [-0.4, -0.2) is 47.7 Å². The van der Waals surface area contributed by atoms with Crippen molar-refractivity contribution in [2.24, 2.45) is 5.92 Å². The third-order valence-electron chi connectivity index (χ3n) is 4.03. The van der Waals surface area contributed by atoms with Gasteiger partial charge in [-0.2, -0.15) is 0 Å². The van der Waals surface area contributed by atoms with Gasteiger partial charge in [-0.15, -0.1) is 0 Å². The first-order chi connectivity index (χ1) is 8.06. The second-order valence-corrected chi connectivity index (χ2v) is 5.76. The Labute approximate surface area is 103 Å². The Morgan fingerprint density at radius 2 is 2.12 bits per heavy atom. The summed E-state index contributed by atoms with van der Waals surface area (Å²) in [5, 5.41) is 12.6. The van der Waals surface area contributed by atoms with E-state index in [4.69, 9.17) is 0 Å². The fourth-order valence-corrected chi connectivity index (χ4v) is 2.93. The van der Waals surface area contributed by atoms with Crippen LogP contribution in [0, 0.1) is 5.92 Å². The molecule has 0 aromatic rings. The van der Waals surface area contributed by atoms with Crippen LogP contribution in [0.5, 0.6) is 0 Å². The van der Waals surface area contributed by atoms with Gasteiger partial charge in [0, 0.05) is 19.6 Å². The van der Waals surface area contributed by atoms with Crippen molar-refractivity contribution in [2.75, 3.05) is 13.6 Å². The van der Waals surface area contributed by atoms with Gasteiger partial charge in [0.2, 0.25) is 5.91 Å². The zero-order chi connectivity index (χ0) is 12.4. The molecule has 2 fully saturated rings. The fraction of sp³-hybridized carbons (Fsp3) is 0.923. The van der Waals surface area contributed by atoms with Crippen molar-refractivity contribution in [3.05, 3.63) is 0 Å². The Morgan fingerprint density at radius 3 is 2.71 bits per heavy atom. The molecule has 1 saturated heterocycles. The molecule has 0 aromatic carbocycles. The first-order valence-electron chi connectivity index (χ1n) is 6.75. The lowest BCUT2D eigenvalue weighted by Gasteiger charge is -2.36. The van der Waals surface area contributed by atoms with E-state index in [0.29, 0.717) is 12.0 Å². The van der Waals surface area contributed by atoms with Gasteiger partial charge in [-0.1, -0.05) is 0 Å². The van der Waals surface area contributed by atoms with Crippen LogP contribution < -0.4 is 5.32 Å². The number of carbonyl (C=O) groups is 1. The average molecular weight is 240 g/mol. The van der Waals surface area contributed by atoms with Crippen LogP contribution in [0.1, 0.15) is 39.0 Å². The minimum Gasteiger partial charge on any atom is -0.393 e. The first-order valence-corrected chi connectivity index (χ1v) is 6.75. The fourth-order valence-electron chi connectivity index (χ4n) is 2.93. The minimum absolute atomic E-state index is 0.00810. The van der Waals surface area contributed by atoms with Crippen LogP contribution in [0.4, 0.5) is 0 Å². The van der Waals surface area contributed by atoms with E-state index in [1.165, 1.54) is 6.42 Å². The maximum atomic E-state index is 12.2. The van der Waals surface area contributed by atoms with E-state index in [0.717, 1.165) is 32.2 Å². The standard InChI is InChI=1S/C13H24N2O2/c1-9-4-3-5-12(14-9)13(17)15(2)8-10-6-11(16)7-10/h9-12,14,16H,3-8H2,1-2H3. The number of likely N-dealkylation sites (N-methyl/N-ethyl adjacent to an activating group) is 1. The van der Waals surface area contributed by atoms with Crippen molar-refractivity contribution in [2.45, 2.75) is 57.2 Å². The molecule has 2 unspecified atom stereocenters. The lowest BCUT2D eigenvalue weighted by Crippen LogP contribution is -2.52. The van der Waals surface area contributed by atoms with Gasteiger partial charge in [-0.3, -0.25) is 4.79 Å². The van der Waals surface area contributed by atoms with Crippen LogP contribution in [-0.2, 0) is 4.79 Å². The molecule has 2 aliphatic rings. The lowest BCUT2D eigenvalue weighted by atomic mass is 9.82. The van der Waals surface area contributed by atoms with Gasteiger partial charge in [0.1, 0.15) is 0 Å². The molecule has 2 atom stereocenters. The zero-order valence-electron chi connectivity index (χ0n) is 10.9. The predicted molar refractivity (Wildman–Crippen MR) is 66.6 cm³/mol. The van der Waals surface area contributed by atoms with Gasteiger partial charge in [0.25, 0.3) is 0 Å². The second-order valence-electron chi connectivity index (χ2n) is 5.76. The summed E-state index contributed by atoms with van der Waals surface area (Å²) in [4.78, 5) is 14.0. The number of hydrogen-bond donors (Lipinski definition) is 2. The highest BCUT2D eigenvalue weighted by Crippen LogP contribution is 2.28. The van der Waals surface area contributed by atoms with Gasteiger partial charge in [-0.05, 0) is 44.9 Å². The number of nitrogens with one attached hydrogen (secondary N) is 1. The summed E-state index contributed by atoms with van der Waals surface area (Å²) < 4.78 is 0. The molecule has 0 aromatic heterocycles. The normalized spacial score (nSPS) is 37.4. The summed E-state index contributed by atoms with van der Waals surface area (Å²) in [6, 6.07) is 0.463. The Bertz CT molecular complexity index is 277. The van der Waals surface area contributed by atoms with Crippen molar-refractivity contribution in [3.63, 3.8) is 0 Å². The molecule has 0 radical (unpaired) electrons. The molecule has 2 N–H and O–H groups in total. The Hall–Kier alpha value is -0.610. The number of aliphatic hydroxyl groups is 1. The summed E-state index contributed by atoms with van der Waals surface area (Å²) in [6.07, 6.45) is 4.85. The van der Waals surface area contributed by atoms with E-state index in [9.17, 15) is 9.90 Å². The summed E-state index contributed by atoms with van der Waals surface area (Å²) in [7, 11) is 1.88. The highest BCUT2D eigenvalue weighted by atomic mass is 16.3. The zero-order valence-corrected chi connectivity index (χ0v) is 10.9. The summed E-state index contributed by atoms with van der Waals surface area (Å²) in [6.45, 7) is 2.93. The number of rotatable bonds is 3. The molecule has 4 nitrogen and oxygen atoms in total. The maximum Gasteiger partial charge on any atom is 0.239 e. The molecule has 0 spiro atoms. The molecular weight excluding hydrogens is 216 g/mol. The minimum atomic E-state index is -0.128. The van der Waals surface area contributed by atoms with Gasteiger partial charge < -0.3 is 15.3 Å². The van der Waals surface area contributed by atoms with Crippen molar-refractivity contribution in [1.82, 2.24) is 10.2 Å². The molecule has 1 aliphatic carbocycles. The molecule has 1 saturated carbocycles. The quantitative estimate of drug-likeness (QED) is 0.765. The Kier molecular flexibility index (Phi) is 4.05. The van der Waals surface area contributed by atoms with Crippen LogP contribution in [0.15, 0.2) is 0 Å². The molecule has 1 heterocycles. The average Bonchev–Trinajstić information content (AvgIpc) is 2.26. The number of aliphatic hydroxyl groups excluding tert-OH is 1. The van der Waals surface area contributed by atoms with Crippen molar-refractivity contribution < 1.29 is 9.90 Å². The van der Waals surface area contributed by atoms with Crippen molar-refractivity contribution >= 4 is 5.91 Å². The molecule has 1 aliphatic heterocycles. The number of nitrogens with zero attached hydrogens (tertiary/aromatic N) is 1. The molecule has 17 heavy (non-hydrogen) atoms. The molecule has 1 amide bonds. The number of piperidine rings is 1. The van der Waals surface area contributed by atoms with Crippen molar-refractivity contribution in [1.29, 1.82) is 0 Å². The van der Waals surface area contributed by atoms with E-state index in [-0.39, 0.29) is 18.1 Å². The highest BCUT2D eigenvalue weighted by Gasteiger charge is 2.32. The summed E-state index contributed by atoms with van der Waals surface area (Å²) in [5.41, 5.74) is 0. The maximum absolute atomic E-state index is 12.2. The van der Waals surface area contributed by atoms with Gasteiger partial charge >= 0.3 is 0 Å². The number of hydrogen-bond acceptors (Lipinski definition) is 3. The second kappa shape index (κ2) is 5.36. The lowest BCUT2D eigenvalue weighted by molar-refractivity contribution is -0.134. The van der Waals surface area contributed by atoms with Crippen LogP contribution in [0.2, 0.25) is 0 Å². The van der Waals surface area contributed by atoms with E-state index in [1.807, 2.05) is 11.9 Å². The van der Waals surface area contributed by atoms with Gasteiger partial charge in [0.15, 0.2) is 0 Å². The van der Waals surface area contributed by atoms with Crippen LogP contribution in [0.25, 0.3) is 0 Å². The molecule has 98 valence electrons. The summed E-state index contributed by atoms with van der Waals surface area (Å²) in [5.74, 6) is 0.720. The molecular formula is C13H24N2O2. The highest BCUT2D eigenvalue weighted by molar-refractivity contribution is 5.81.